The van der Waals surface area contributed by atoms with Gasteiger partial charge in [0.05, 0.1) is 15.4 Å². The average Bonchev–Trinajstić information content (AvgIpc) is 2.73. The minimum absolute atomic E-state index is 0.0315. The molecule has 0 aliphatic rings. The summed E-state index contributed by atoms with van der Waals surface area (Å²) >= 11 is 0. The van der Waals surface area contributed by atoms with E-state index in [4.69, 9.17) is 5.41 Å². The van der Waals surface area contributed by atoms with Crippen molar-refractivity contribution in [2.75, 3.05) is 5.32 Å². The lowest BCUT2D eigenvalue weighted by atomic mass is 10.2. The van der Waals surface area contributed by atoms with Gasteiger partial charge in [0.25, 0.3) is 0 Å². The summed E-state index contributed by atoms with van der Waals surface area (Å²) in [6.07, 6.45) is -1.35. The summed E-state index contributed by atoms with van der Waals surface area (Å²) in [6.45, 7) is 0.275. The van der Waals surface area contributed by atoms with Crippen molar-refractivity contribution >= 4 is 21.5 Å². The van der Waals surface area contributed by atoms with E-state index in [1.54, 1.807) is 36.7 Å². The number of aromatic nitrogens is 1. The SMILES string of the molecule is N=C(NCc1ccc(S(=O)(=O)c2ccc(C(F)(F)F)cc2)cc1)Nc1ccncc1. The van der Waals surface area contributed by atoms with E-state index in [0.717, 1.165) is 29.8 Å². The maximum Gasteiger partial charge on any atom is 0.416 e. The molecule has 0 saturated heterocycles. The molecule has 0 saturated carbocycles. The van der Waals surface area contributed by atoms with Crippen LogP contribution >= 0.6 is 0 Å². The number of nitrogens with one attached hydrogen (secondary N) is 3. The molecule has 3 aromatic rings. The Morgan fingerprint density at radius 3 is 1.97 bits per heavy atom. The summed E-state index contributed by atoms with van der Waals surface area (Å²) < 4.78 is 63.2. The van der Waals surface area contributed by atoms with Crippen LogP contribution in [0.4, 0.5) is 18.9 Å². The zero-order valence-electron chi connectivity index (χ0n) is 15.4. The molecule has 156 valence electrons. The second kappa shape index (κ2) is 8.54. The van der Waals surface area contributed by atoms with Crippen molar-refractivity contribution in [1.82, 2.24) is 10.3 Å². The Morgan fingerprint density at radius 1 is 0.900 bits per heavy atom. The summed E-state index contributed by atoms with van der Waals surface area (Å²) in [6, 6.07) is 12.7. The predicted molar refractivity (Wildman–Crippen MR) is 106 cm³/mol. The molecule has 0 aliphatic carbocycles. The number of benzene rings is 2. The van der Waals surface area contributed by atoms with E-state index in [0.29, 0.717) is 5.69 Å². The fourth-order valence-corrected chi connectivity index (χ4v) is 3.82. The first-order chi connectivity index (χ1) is 14.2. The first kappa shape index (κ1) is 21.3. The van der Waals surface area contributed by atoms with Crippen molar-refractivity contribution in [3.05, 3.63) is 84.2 Å². The molecule has 0 atom stereocenters. The molecule has 2 aromatic carbocycles. The number of pyridine rings is 1. The van der Waals surface area contributed by atoms with Crippen LogP contribution in [0.25, 0.3) is 0 Å². The molecule has 3 rings (SSSR count). The van der Waals surface area contributed by atoms with Gasteiger partial charge in [-0.2, -0.15) is 13.2 Å². The predicted octanol–water partition coefficient (Wildman–Crippen LogP) is 4.07. The number of anilines is 1. The molecule has 3 N–H and O–H groups in total. The standard InChI is InChI=1S/C20H17F3N4O2S/c21-20(22,23)15-3-7-18(8-4-15)30(28,29)17-5-1-14(2-6-17)13-26-19(24)27-16-9-11-25-12-10-16/h1-12H,13H2,(H3,24,25,26,27). The van der Waals surface area contributed by atoms with Crippen molar-refractivity contribution in [2.24, 2.45) is 0 Å². The van der Waals surface area contributed by atoms with Crippen LogP contribution in [0.3, 0.4) is 0 Å². The van der Waals surface area contributed by atoms with E-state index in [1.165, 1.54) is 12.1 Å². The van der Waals surface area contributed by atoms with E-state index in [-0.39, 0.29) is 22.3 Å². The van der Waals surface area contributed by atoms with Gasteiger partial charge in [-0.1, -0.05) is 12.1 Å². The van der Waals surface area contributed by atoms with Crippen LogP contribution in [-0.4, -0.2) is 19.4 Å². The van der Waals surface area contributed by atoms with E-state index < -0.39 is 21.6 Å². The normalized spacial score (nSPS) is 11.7. The molecule has 30 heavy (non-hydrogen) atoms. The number of hydrogen-bond acceptors (Lipinski definition) is 4. The molecular formula is C20H17F3N4O2S. The average molecular weight is 434 g/mol. The van der Waals surface area contributed by atoms with Gasteiger partial charge in [-0.05, 0) is 54.1 Å². The van der Waals surface area contributed by atoms with Crippen molar-refractivity contribution in [3.8, 4) is 0 Å². The third-order valence-electron chi connectivity index (χ3n) is 4.14. The third-order valence-corrected chi connectivity index (χ3v) is 5.93. The molecule has 0 bridgehead atoms. The second-order valence-corrected chi connectivity index (χ2v) is 8.21. The quantitative estimate of drug-likeness (QED) is 0.416. The summed E-state index contributed by atoms with van der Waals surface area (Å²) in [5, 5.41) is 13.6. The minimum atomic E-state index is -4.53. The fourth-order valence-electron chi connectivity index (χ4n) is 2.56. The van der Waals surface area contributed by atoms with Crippen LogP contribution in [0.2, 0.25) is 0 Å². The zero-order chi connectivity index (χ0) is 21.8. The smallest absolute Gasteiger partial charge is 0.352 e. The number of halogens is 3. The van der Waals surface area contributed by atoms with Crippen LogP contribution in [-0.2, 0) is 22.6 Å². The summed E-state index contributed by atoms with van der Waals surface area (Å²) in [5.74, 6) is 0.0580. The second-order valence-electron chi connectivity index (χ2n) is 6.26. The summed E-state index contributed by atoms with van der Waals surface area (Å²) in [7, 11) is -3.94. The highest BCUT2D eigenvalue weighted by atomic mass is 32.2. The monoisotopic (exact) mass is 434 g/mol. The van der Waals surface area contributed by atoms with Gasteiger partial charge in [-0.25, -0.2) is 8.42 Å². The maximum absolute atomic E-state index is 12.7. The van der Waals surface area contributed by atoms with Gasteiger partial charge >= 0.3 is 6.18 Å². The summed E-state index contributed by atoms with van der Waals surface area (Å²) in [4.78, 5) is 3.63. The van der Waals surface area contributed by atoms with E-state index in [1.807, 2.05) is 0 Å². The number of alkyl halides is 3. The molecule has 0 unspecified atom stereocenters. The minimum Gasteiger partial charge on any atom is -0.352 e. The number of sulfone groups is 1. The van der Waals surface area contributed by atoms with Crippen LogP contribution in [0.5, 0.6) is 0 Å². The lowest BCUT2D eigenvalue weighted by molar-refractivity contribution is -0.137. The molecule has 0 amide bonds. The molecule has 0 radical (unpaired) electrons. The van der Waals surface area contributed by atoms with Gasteiger partial charge in [0.15, 0.2) is 5.96 Å². The maximum atomic E-state index is 12.7. The molecule has 1 heterocycles. The van der Waals surface area contributed by atoms with Crippen LogP contribution in [0.15, 0.2) is 82.8 Å². The highest BCUT2D eigenvalue weighted by Gasteiger charge is 2.30. The lowest BCUT2D eigenvalue weighted by Crippen LogP contribution is -2.29. The molecular weight excluding hydrogens is 417 g/mol. The molecule has 10 heteroatoms. The largest absolute Gasteiger partial charge is 0.416 e. The number of rotatable bonds is 5. The van der Waals surface area contributed by atoms with Gasteiger partial charge in [0, 0.05) is 24.6 Å². The van der Waals surface area contributed by atoms with E-state index in [2.05, 4.69) is 15.6 Å². The number of guanidine groups is 1. The summed E-state index contributed by atoms with van der Waals surface area (Å²) in [5.41, 5.74) is 0.508. The van der Waals surface area contributed by atoms with E-state index >= 15 is 0 Å². The zero-order valence-corrected chi connectivity index (χ0v) is 16.3. The third kappa shape index (κ3) is 5.15. The Hall–Kier alpha value is -3.40. The van der Waals surface area contributed by atoms with E-state index in [9.17, 15) is 21.6 Å². The first-order valence-electron chi connectivity index (χ1n) is 8.67. The highest BCUT2D eigenvalue weighted by molar-refractivity contribution is 7.91. The Kier molecular flexibility index (Phi) is 6.06. The Balaban J connectivity index is 1.65. The Bertz CT molecular complexity index is 1120. The lowest BCUT2D eigenvalue weighted by Gasteiger charge is -2.11. The molecule has 0 aliphatic heterocycles. The van der Waals surface area contributed by atoms with Crippen molar-refractivity contribution in [2.45, 2.75) is 22.5 Å². The molecule has 0 spiro atoms. The topological polar surface area (TPSA) is 94.9 Å². The molecule has 1 aromatic heterocycles. The molecule has 6 nitrogen and oxygen atoms in total. The molecule has 0 fully saturated rings. The van der Waals surface area contributed by atoms with Gasteiger partial charge in [-0.15, -0.1) is 0 Å². The highest BCUT2D eigenvalue weighted by Crippen LogP contribution is 2.30. The Morgan fingerprint density at radius 2 is 1.43 bits per heavy atom. The van der Waals surface area contributed by atoms with Gasteiger partial charge < -0.3 is 10.6 Å². The van der Waals surface area contributed by atoms with Crippen LogP contribution < -0.4 is 10.6 Å². The number of hydrogen-bond donors (Lipinski definition) is 3. The van der Waals surface area contributed by atoms with Crippen LogP contribution in [0.1, 0.15) is 11.1 Å². The van der Waals surface area contributed by atoms with Crippen molar-refractivity contribution in [3.63, 3.8) is 0 Å². The van der Waals surface area contributed by atoms with Crippen molar-refractivity contribution in [1.29, 1.82) is 5.41 Å². The first-order valence-corrected chi connectivity index (χ1v) is 10.2. The Labute approximate surface area is 171 Å². The van der Waals surface area contributed by atoms with Gasteiger partial charge in [-0.3, -0.25) is 10.4 Å². The fraction of sp³-hybridized carbons (Fsp3) is 0.100. The van der Waals surface area contributed by atoms with Gasteiger partial charge in [0.2, 0.25) is 9.84 Å². The van der Waals surface area contributed by atoms with Crippen molar-refractivity contribution < 1.29 is 21.6 Å². The van der Waals surface area contributed by atoms with Crippen LogP contribution in [0, 0.1) is 5.41 Å². The van der Waals surface area contributed by atoms with Gasteiger partial charge in [0.1, 0.15) is 0 Å². The number of nitrogens with zero attached hydrogens (tertiary/aromatic N) is 1.